The lowest BCUT2D eigenvalue weighted by Crippen LogP contribution is -2.39. The highest BCUT2D eigenvalue weighted by atomic mass is 32.1. The van der Waals surface area contributed by atoms with E-state index in [0.717, 1.165) is 11.3 Å². The van der Waals surface area contributed by atoms with Gasteiger partial charge in [-0.15, -0.1) is 11.3 Å². The first-order valence-corrected chi connectivity index (χ1v) is 5.36. The molecule has 1 fully saturated rings. The van der Waals surface area contributed by atoms with Crippen molar-refractivity contribution >= 4 is 17.3 Å². The fraction of sp³-hybridized carbons (Fsp3) is 0.556. The predicted octanol–water partition coefficient (Wildman–Crippen LogP) is 1.32. The number of rotatable bonds is 3. The number of hydrogen-bond acceptors (Lipinski definition) is 4. The molecule has 0 spiro atoms. The van der Waals surface area contributed by atoms with E-state index in [1.54, 1.807) is 11.7 Å². The summed E-state index contributed by atoms with van der Waals surface area (Å²) in [5, 5.41) is 9.12. The molecule has 2 rings (SSSR count). The molecule has 1 aliphatic rings. The lowest BCUT2D eigenvalue weighted by Gasteiger charge is -2.21. The number of thiazole rings is 1. The monoisotopic (exact) mass is 213 g/mol. The van der Waals surface area contributed by atoms with E-state index in [9.17, 15) is 4.79 Å². The fourth-order valence-corrected chi connectivity index (χ4v) is 2.39. The van der Waals surface area contributed by atoms with Crippen molar-refractivity contribution in [3.63, 3.8) is 0 Å². The number of carbonyl (C=O) groups is 1. The van der Waals surface area contributed by atoms with Crippen LogP contribution < -0.4 is 0 Å². The smallest absolute Gasteiger partial charge is 0.336 e. The topological polar surface area (TPSA) is 59.4 Å². The molecule has 2 heterocycles. The Bertz CT molecular complexity index is 317. The first kappa shape index (κ1) is 9.61. The molecule has 1 saturated heterocycles. The minimum Gasteiger partial charge on any atom is -0.479 e. The first-order valence-electron chi connectivity index (χ1n) is 4.48. The van der Waals surface area contributed by atoms with Gasteiger partial charge in [-0.2, -0.15) is 0 Å². The van der Waals surface area contributed by atoms with Gasteiger partial charge in [-0.05, 0) is 12.8 Å². The highest BCUT2D eigenvalue weighted by Crippen LogP contribution is 2.30. The van der Waals surface area contributed by atoms with Gasteiger partial charge in [0.15, 0.2) is 5.60 Å². The number of nitrogens with zero attached hydrogens (tertiary/aromatic N) is 1. The summed E-state index contributed by atoms with van der Waals surface area (Å²) < 4.78 is 5.35. The van der Waals surface area contributed by atoms with Crippen LogP contribution in [0.25, 0.3) is 0 Å². The van der Waals surface area contributed by atoms with E-state index in [2.05, 4.69) is 4.98 Å². The lowest BCUT2D eigenvalue weighted by molar-refractivity contribution is -0.159. The van der Waals surface area contributed by atoms with Crippen molar-refractivity contribution in [3.8, 4) is 0 Å². The number of carboxylic acid groups (broad SMARTS) is 1. The Kier molecular flexibility index (Phi) is 2.52. The average molecular weight is 213 g/mol. The van der Waals surface area contributed by atoms with Crippen LogP contribution in [0.15, 0.2) is 11.7 Å². The fourth-order valence-electron chi connectivity index (χ4n) is 1.69. The molecule has 1 N–H and O–H groups in total. The summed E-state index contributed by atoms with van der Waals surface area (Å²) in [6.07, 6.45) is 3.56. The van der Waals surface area contributed by atoms with Gasteiger partial charge in [-0.3, -0.25) is 4.98 Å². The number of carboxylic acids is 1. The van der Waals surface area contributed by atoms with Gasteiger partial charge in [0.25, 0.3) is 0 Å². The van der Waals surface area contributed by atoms with Crippen molar-refractivity contribution in [2.45, 2.75) is 24.9 Å². The zero-order valence-electron chi connectivity index (χ0n) is 7.60. The molecule has 0 aliphatic carbocycles. The van der Waals surface area contributed by atoms with Crippen LogP contribution in [0, 0.1) is 0 Å². The van der Waals surface area contributed by atoms with E-state index >= 15 is 0 Å². The minimum absolute atomic E-state index is 0.438. The summed E-state index contributed by atoms with van der Waals surface area (Å²) in [6.45, 7) is 0.547. The predicted molar refractivity (Wildman–Crippen MR) is 51.4 cm³/mol. The van der Waals surface area contributed by atoms with Gasteiger partial charge in [-0.25, -0.2) is 4.79 Å². The van der Waals surface area contributed by atoms with Crippen LogP contribution in [0.1, 0.15) is 17.7 Å². The largest absolute Gasteiger partial charge is 0.479 e. The number of ether oxygens (including phenoxy) is 1. The Morgan fingerprint density at radius 2 is 2.64 bits per heavy atom. The molecule has 1 aromatic heterocycles. The Hall–Kier alpha value is -0.940. The van der Waals surface area contributed by atoms with Gasteiger partial charge in [0.05, 0.1) is 5.51 Å². The standard InChI is InChI=1S/C9H11NO3S/c11-8(12)9(2-1-3-13-9)4-7-5-10-6-14-7/h5-6H,1-4H2,(H,11,12). The van der Waals surface area contributed by atoms with E-state index in [1.807, 2.05) is 0 Å². The third kappa shape index (κ3) is 1.65. The van der Waals surface area contributed by atoms with Gasteiger partial charge in [-0.1, -0.05) is 0 Å². The summed E-state index contributed by atoms with van der Waals surface area (Å²) in [7, 11) is 0. The lowest BCUT2D eigenvalue weighted by atomic mass is 9.96. The van der Waals surface area contributed by atoms with E-state index in [-0.39, 0.29) is 0 Å². The minimum atomic E-state index is -0.994. The Morgan fingerprint density at radius 3 is 3.14 bits per heavy atom. The molecule has 1 aliphatic heterocycles. The van der Waals surface area contributed by atoms with Crippen LogP contribution in [0.4, 0.5) is 0 Å². The second-order valence-electron chi connectivity index (χ2n) is 3.40. The number of aliphatic carboxylic acids is 1. The Labute approximate surface area is 85.5 Å². The molecule has 0 saturated carbocycles. The summed E-state index contributed by atoms with van der Waals surface area (Å²) in [6, 6.07) is 0. The van der Waals surface area contributed by atoms with Crippen molar-refractivity contribution in [2.75, 3.05) is 6.61 Å². The maximum atomic E-state index is 11.1. The zero-order valence-corrected chi connectivity index (χ0v) is 8.42. The maximum Gasteiger partial charge on any atom is 0.336 e. The molecule has 14 heavy (non-hydrogen) atoms. The Balaban J connectivity index is 2.16. The molecule has 76 valence electrons. The van der Waals surface area contributed by atoms with Gasteiger partial charge in [0.1, 0.15) is 0 Å². The molecule has 0 amide bonds. The molecule has 5 heteroatoms. The normalized spacial score (nSPS) is 26.6. The highest BCUT2D eigenvalue weighted by Gasteiger charge is 2.43. The summed E-state index contributed by atoms with van der Waals surface area (Å²) >= 11 is 1.47. The second-order valence-corrected chi connectivity index (χ2v) is 4.37. The summed E-state index contributed by atoms with van der Waals surface area (Å²) in [4.78, 5) is 16.0. The SMILES string of the molecule is O=C(O)C1(Cc2cncs2)CCCO1. The molecular formula is C9H11NO3S. The third-order valence-electron chi connectivity index (χ3n) is 2.44. The van der Waals surface area contributed by atoms with Crippen LogP contribution in [-0.2, 0) is 16.0 Å². The van der Waals surface area contributed by atoms with Crippen molar-refractivity contribution in [2.24, 2.45) is 0 Å². The quantitative estimate of drug-likeness (QED) is 0.822. The molecular weight excluding hydrogens is 202 g/mol. The number of hydrogen-bond donors (Lipinski definition) is 1. The van der Waals surface area contributed by atoms with Crippen molar-refractivity contribution < 1.29 is 14.6 Å². The van der Waals surface area contributed by atoms with Gasteiger partial charge in [0.2, 0.25) is 0 Å². The van der Waals surface area contributed by atoms with E-state index in [0.29, 0.717) is 19.4 Å². The first-order chi connectivity index (χ1) is 6.73. The van der Waals surface area contributed by atoms with Crippen molar-refractivity contribution in [3.05, 3.63) is 16.6 Å². The molecule has 0 aromatic carbocycles. The average Bonchev–Trinajstić information content (AvgIpc) is 2.76. The zero-order chi connectivity index (χ0) is 10.0. The molecule has 0 radical (unpaired) electrons. The third-order valence-corrected chi connectivity index (χ3v) is 3.22. The van der Waals surface area contributed by atoms with Gasteiger partial charge >= 0.3 is 5.97 Å². The van der Waals surface area contributed by atoms with Crippen molar-refractivity contribution in [1.82, 2.24) is 4.98 Å². The number of aromatic nitrogens is 1. The molecule has 1 aromatic rings. The van der Waals surface area contributed by atoms with E-state index < -0.39 is 11.6 Å². The summed E-state index contributed by atoms with van der Waals surface area (Å²) in [5.41, 5.74) is 0.715. The van der Waals surface area contributed by atoms with Crippen LogP contribution in [0.2, 0.25) is 0 Å². The van der Waals surface area contributed by atoms with Gasteiger partial charge < -0.3 is 9.84 Å². The highest BCUT2D eigenvalue weighted by molar-refractivity contribution is 7.09. The van der Waals surface area contributed by atoms with Crippen LogP contribution in [0.3, 0.4) is 0 Å². The van der Waals surface area contributed by atoms with Crippen molar-refractivity contribution in [1.29, 1.82) is 0 Å². The van der Waals surface area contributed by atoms with E-state index in [4.69, 9.17) is 9.84 Å². The molecule has 1 atom stereocenters. The second kappa shape index (κ2) is 3.67. The Morgan fingerprint density at radius 1 is 1.79 bits per heavy atom. The van der Waals surface area contributed by atoms with Crippen LogP contribution in [0.5, 0.6) is 0 Å². The van der Waals surface area contributed by atoms with E-state index in [1.165, 1.54) is 11.3 Å². The molecule has 1 unspecified atom stereocenters. The maximum absolute atomic E-state index is 11.1. The molecule has 0 bridgehead atoms. The van der Waals surface area contributed by atoms with Gasteiger partial charge in [0, 0.05) is 24.1 Å². The van der Waals surface area contributed by atoms with Crippen LogP contribution in [-0.4, -0.2) is 28.3 Å². The summed E-state index contributed by atoms with van der Waals surface area (Å²) in [5.74, 6) is -0.858. The van der Waals surface area contributed by atoms with Crippen LogP contribution >= 0.6 is 11.3 Å². The molecule has 4 nitrogen and oxygen atoms in total.